The van der Waals surface area contributed by atoms with Crippen molar-refractivity contribution < 1.29 is 204 Å². The van der Waals surface area contributed by atoms with Gasteiger partial charge in [0.25, 0.3) is 11.8 Å². The number of esters is 7. The molecule has 2 aromatic carbocycles. The van der Waals surface area contributed by atoms with E-state index >= 15 is 0 Å². The smallest absolute Gasteiger partial charge is 0.303 e. The first kappa shape index (κ1) is 104. The minimum Gasteiger partial charge on any atom is -0.463 e. The van der Waals surface area contributed by atoms with Crippen LogP contribution in [0.3, 0.4) is 0 Å². The molecule has 0 saturated carbocycles. The van der Waals surface area contributed by atoms with Gasteiger partial charge in [0, 0.05) is 141 Å². The molecule has 35 atom stereocenters. The van der Waals surface area contributed by atoms with Gasteiger partial charge in [-0.2, -0.15) is 0 Å². The summed E-state index contributed by atoms with van der Waals surface area (Å²) in [7, 11) is 18.6. The Morgan fingerprint density at radius 1 is 0.279 bits per heavy atom. The highest BCUT2D eigenvalue weighted by Gasteiger charge is 2.63. The first-order valence-corrected chi connectivity index (χ1v) is 41.9. The van der Waals surface area contributed by atoms with Crippen molar-refractivity contribution >= 4 is 53.6 Å². The molecule has 8 heterocycles. The fourth-order valence-electron chi connectivity index (χ4n) is 17.5. The average Bonchev–Trinajstić information content (AvgIpc) is 1.00. The summed E-state index contributed by atoms with van der Waals surface area (Å²) in [6.07, 6.45) is -47.5. The number of amides is 2. The molecule has 2 amide bonds. The highest BCUT2D eigenvalue weighted by molar-refractivity contribution is 6.21. The largest absolute Gasteiger partial charge is 0.463 e. The number of carbonyl (C=O) groups excluding carboxylic acids is 9. The van der Waals surface area contributed by atoms with E-state index in [-0.39, 0.29) is 37.6 Å². The molecule has 0 radical (unpaired) electrons. The quantitative estimate of drug-likeness (QED) is 0.0504. The summed E-state index contributed by atoms with van der Waals surface area (Å²) in [5.74, 6) is -8.39. The van der Waals surface area contributed by atoms with Crippen LogP contribution >= 0.6 is 0 Å². The van der Waals surface area contributed by atoms with Crippen LogP contribution in [0.1, 0.15) is 81.7 Å². The minimum atomic E-state index is -2.06. The maximum absolute atomic E-state index is 14.6. The van der Waals surface area contributed by atoms with E-state index in [4.69, 9.17) is 161 Å². The summed E-state index contributed by atoms with van der Waals surface area (Å²) in [5, 5.41) is 0. The molecule has 10 rings (SSSR count). The molecule has 14 unspecified atom stereocenters. The van der Waals surface area contributed by atoms with Gasteiger partial charge >= 0.3 is 41.8 Å². The first-order valence-electron chi connectivity index (χ1n) is 41.9. The van der Waals surface area contributed by atoms with Gasteiger partial charge < -0.3 is 161 Å². The molecule has 8 aliphatic heterocycles. The second-order valence-corrected chi connectivity index (χ2v) is 31.4. The molecule has 2 aromatic rings. The lowest BCUT2D eigenvalue weighted by atomic mass is 9.94. The predicted molar refractivity (Wildman–Crippen MR) is 428 cm³/mol. The number of fused-ring (bicyclic) bond motifs is 1. The zero-order chi connectivity index (χ0) is 93.8. The molecule has 44 heteroatoms. The number of rotatable bonds is 43. The number of ether oxygens (including phenoxy) is 34. The Morgan fingerprint density at radius 3 is 0.868 bits per heavy atom. The van der Waals surface area contributed by atoms with E-state index in [2.05, 4.69) is 0 Å². The van der Waals surface area contributed by atoms with E-state index in [1.54, 1.807) is 26.4 Å². The summed E-state index contributed by atoms with van der Waals surface area (Å²) >= 11 is 0. The van der Waals surface area contributed by atoms with Crippen molar-refractivity contribution in [3.05, 3.63) is 71.3 Å². The van der Waals surface area contributed by atoms with Gasteiger partial charge in [-0.15, -0.1) is 0 Å². The molecule has 0 bridgehead atoms. The van der Waals surface area contributed by atoms with Gasteiger partial charge in [0.2, 0.25) is 0 Å². The maximum atomic E-state index is 14.6. The number of methoxy groups -OCH3 is 13. The van der Waals surface area contributed by atoms with Crippen molar-refractivity contribution in [2.45, 2.75) is 277 Å². The minimum absolute atomic E-state index is 0.0300. The van der Waals surface area contributed by atoms with Crippen LogP contribution < -0.4 is 0 Å². The lowest BCUT2D eigenvalue weighted by molar-refractivity contribution is -0.401. The normalized spacial score (nSPS) is 37.1. The van der Waals surface area contributed by atoms with Crippen LogP contribution in [0.2, 0.25) is 0 Å². The summed E-state index contributed by atoms with van der Waals surface area (Å²) < 4.78 is 215. The molecular formula is C85H123NO43. The van der Waals surface area contributed by atoms with E-state index in [0.29, 0.717) is 6.61 Å². The Balaban J connectivity index is 0.944. The number of nitrogens with zero attached hydrogens (tertiary/aromatic N) is 1. The molecule has 0 N–H and O–H groups in total. The zero-order valence-corrected chi connectivity index (χ0v) is 76.1. The third-order valence-corrected chi connectivity index (χ3v) is 22.9. The van der Waals surface area contributed by atoms with E-state index in [9.17, 15) is 43.2 Å². The van der Waals surface area contributed by atoms with Crippen LogP contribution in [0.15, 0.2) is 54.6 Å². The molecule has 0 spiro atoms. The Labute approximate surface area is 746 Å². The summed E-state index contributed by atoms with van der Waals surface area (Å²) in [6, 6.07) is 15.7. The lowest BCUT2D eigenvalue weighted by Crippen LogP contribution is -2.70. The van der Waals surface area contributed by atoms with Crippen LogP contribution in [-0.2, 0) is 201 Å². The number of hydrogen-bond donors (Lipinski definition) is 0. The topological polar surface area (TPSA) is 471 Å². The Hall–Kier alpha value is -7.21. The van der Waals surface area contributed by atoms with Gasteiger partial charge in [-0.3, -0.25) is 48.1 Å². The maximum Gasteiger partial charge on any atom is 0.303 e. The molecular weight excluding hydrogens is 1720 g/mol. The van der Waals surface area contributed by atoms with Gasteiger partial charge in [-0.05, 0) is 24.6 Å². The van der Waals surface area contributed by atoms with Crippen molar-refractivity contribution in [3.8, 4) is 0 Å². The number of carbonyl (C=O) groups is 9. The van der Waals surface area contributed by atoms with Gasteiger partial charge in [-0.25, -0.2) is 0 Å². The summed E-state index contributed by atoms with van der Waals surface area (Å²) in [6.45, 7) is 6.63. The van der Waals surface area contributed by atoms with E-state index in [1.807, 2.05) is 37.3 Å². The molecule has 44 nitrogen and oxygen atoms in total. The van der Waals surface area contributed by atoms with Crippen molar-refractivity contribution in [3.63, 3.8) is 0 Å². The van der Waals surface area contributed by atoms with Gasteiger partial charge in [0.1, 0.15) is 154 Å². The van der Waals surface area contributed by atoms with Crippen molar-refractivity contribution in [2.24, 2.45) is 0 Å². The second kappa shape index (κ2) is 49.2. The Morgan fingerprint density at radius 2 is 0.543 bits per heavy atom. The molecule has 129 heavy (non-hydrogen) atoms. The molecule has 0 aromatic heterocycles. The first-order chi connectivity index (χ1) is 61.9. The summed E-state index contributed by atoms with van der Waals surface area (Å²) in [5.41, 5.74) is 1.01. The molecule has 726 valence electrons. The van der Waals surface area contributed by atoms with Crippen LogP contribution in [0.4, 0.5) is 0 Å². The molecule has 0 aliphatic carbocycles. The number of imide groups is 1. The summed E-state index contributed by atoms with van der Waals surface area (Å²) in [4.78, 5) is 122. The van der Waals surface area contributed by atoms with E-state index in [1.165, 1.54) is 90.3 Å². The Kier molecular flexibility index (Phi) is 39.6. The fraction of sp³-hybridized carbons (Fsp3) is 0.753. The van der Waals surface area contributed by atoms with Crippen LogP contribution in [0, 0.1) is 0 Å². The highest BCUT2D eigenvalue weighted by atomic mass is 16.8. The van der Waals surface area contributed by atoms with Crippen molar-refractivity contribution in [1.29, 1.82) is 0 Å². The SMILES string of the molecule is COCC1O[C@@H](O[C@H]2C(OC)C(OC)[C@H](O[C@H]3C(OC)C(OC)[C@H](O[C@@H]4C(COCc5ccccc5)O[C@@H](C)C(OC)[C@H]4OC)O[C@H]3COC)O[C@H]2COC)C(OC)[C@@H](OC)[C@@H]1O[C@H]1OC(CN2C(=O)c3ccccc3C2=O)[C@@H](O[C@@H]2O[C@@H](COC(C)=O)[C@@H](O[C@H]3O[C@@H](COC(C)=O)[C@H](OC(C)=O)C(OC(C)=O)C3OC(C)=O)C(OC(C)=O)C2OC(C)=O)[C@H](OC)C1OC. The Bertz CT molecular complexity index is 3890. The van der Waals surface area contributed by atoms with Gasteiger partial charge in [0.05, 0.1) is 56.8 Å². The molecule has 8 aliphatic rings. The average molecular weight is 1850 g/mol. The van der Waals surface area contributed by atoms with Gasteiger partial charge in [-0.1, -0.05) is 42.5 Å². The monoisotopic (exact) mass is 1850 g/mol. The third kappa shape index (κ3) is 25.1. The zero-order valence-electron chi connectivity index (χ0n) is 76.1. The van der Waals surface area contributed by atoms with Crippen LogP contribution in [-0.4, -0.2) is 412 Å². The van der Waals surface area contributed by atoms with Crippen LogP contribution in [0.5, 0.6) is 0 Å². The van der Waals surface area contributed by atoms with Gasteiger partial charge in [0.15, 0.2) is 68.3 Å². The standard InChI is InChI=1S/C85H123NO43/c1-39-57(99-12)65(100-13)62(54(112-39)36-109-32-47-27-23-22-24-28-47)128-83-75(108-21)69(104-17)61(53(121-83)35-98-11)127-82-74(107-20)68(103-16)60(52(120-82)34-97-10)126-81-73(106-19)67(102-15)59(51(119-81)33-96-9)125-80-72(105-18)66(101-14)58(50(118-80)31-86-78(94)48-29-25-26-30-49(48)79(86)95)124-84-77(117-46(8)93)71(115-44(6)91)64(56(123-84)38-111-41(3)88)129-85-76(116-45(7)92)70(114-43(5)90)63(113-42(4)89)55(122-85)37-110-40(2)87/h22-30,39,50-77,80-85H,31-38H2,1-21H3/t39-,50?,51?,52-,53-,54?,55-,56-,57?,58+,59+,60+,61+,62+,63-,64+,65+,66-,67-,68?,69?,70?,71?,72?,73?,74?,75?,76?,77?,80+,81-,82-,83-,84-,85+/m0/s1. The van der Waals surface area contributed by atoms with Crippen molar-refractivity contribution in [2.75, 3.05) is 139 Å². The molecule has 7 fully saturated rings. The highest BCUT2D eigenvalue weighted by Crippen LogP contribution is 2.44. The van der Waals surface area contributed by atoms with Crippen molar-refractivity contribution in [1.82, 2.24) is 4.90 Å². The van der Waals surface area contributed by atoms with E-state index < -0.39 is 288 Å². The third-order valence-electron chi connectivity index (χ3n) is 22.9. The van der Waals surface area contributed by atoms with Crippen LogP contribution in [0.25, 0.3) is 0 Å². The predicted octanol–water partition coefficient (Wildman–Crippen LogP) is 0.821. The second-order valence-electron chi connectivity index (χ2n) is 31.4. The number of hydrogen-bond acceptors (Lipinski definition) is 43. The molecule has 7 saturated heterocycles. The number of benzene rings is 2. The van der Waals surface area contributed by atoms with E-state index in [0.717, 1.165) is 58.9 Å². The fourth-order valence-corrected chi connectivity index (χ4v) is 17.5. The lowest BCUT2D eigenvalue weighted by Gasteiger charge is -2.52.